The normalized spacial score (nSPS) is 10.6. The molecule has 0 unspecified atom stereocenters. The minimum Gasteiger partial charge on any atom is -0.397 e. The van der Waals surface area contributed by atoms with Crippen LogP contribution >= 0.6 is 8.38 Å². The number of rotatable bonds is 3. The summed E-state index contributed by atoms with van der Waals surface area (Å²) in [7, 11) is 2.15. The summed E-state index contributed by atoms with van der Waals surface area (Å²) in [6.45, 7) is 0. The summed E-state index contributed by atoms with van der Waals surface area (Å²) in [5.74, 6) is 0. The standard InChI is InChI=1S/C7H11N2O2P/c1-10-12(11-2)7-3-4-9-5-6(7)8/h3-5H,8H2,1-2H3. The highest BCUT2D eigenvalue weighted by Gasteiger charge is 2.12. The molecule has 0 atom stereocenters. The molecule has 0 aromatic carbocycles. The summed E-state index contributed by atoms with van der Waals surface area (Å²) < 4.78 is 10.2. The van der Waals surface area contributed by atoms with E-state index in [9.17, 15) is 0 Å². The molecule has 12 heavy (non-hydrogen) atoms. The summed E-state index contributed by atoms with van der Waals surface area (Å²) in [4.78, 5) is 3.87. The van der Waals surface area contributed by atoms with Crippen molar-refractivity contribution in [2.45, 2.75) is 0 Å². The second-order valence-corrected chi connectivity index (χ2v) is 3.78. The predicted octanol–water partition coefficient (Wildman–Crippen LogP) is 0.894. The van der Waals surface area contributed by atoms with E-state index in [-0.39, 0.29) is 0 Å². The molecule has 66 valence electrons. The van der Waals surface area contributed by atoms with E-state index in [2.05, 4.69) is 4.98 Å². The van der Waals surface area contributed by atoms with Crippen LogP contribution in [0, 0.1) is 0 Å². The van der Waals surface area contributed by atoms with Crippen molar-refractivity contribution in [3.8, 4) is 0 Å². The van der Waals surface area contributed by atoms with Gasteiger partial charge in [-0.1, -0.05) is 0 Å². The Morgan fingerprint density at radius 3 is 2.58 bits per heavy atom. The lowest BCUT2D eigenvalue weighted by atomic mass is 10.4. The van der Waals surface area contributed by atoms with Crippen molar-refractivity contribution < 1.29 is 9.05 Å². The van der Waals surface area contributed by atoms with Gasteiger partial charge in [0, 0.05) is 20.4 Å². The lowest BCUT2D eigenvalue weighted by molar-refractivity contribution is 0.350. The third kappa shape index (κ3) is 1.91. The smallest absolute Gasteiger partial charge is 0.206 e. The molecule has 1 aromatic heterocycles. The summed E-state index contributed by atoms with van der Waals surface area (Å²) in [5, 5.41) is 0.866. The van der Waals surface area contributed by atoms with E-state index in [4.69, 9.17) is 14.8 Å². The van der Waals surface area contributed by atoms with Gasteiger partial charge in [-0.05, 0) is 6.07 Å². The number of hydrogen-bond acceptors (Lipinski definition) is 4. The quantitative estimate of drug-likeness (QED) is 0.712. The first-order valence-electron chi connectivity index (χ1n) is 3.37. The third-order valence-electron chi connectivity index (χ3n) is 1.36. The molecule has 1 aromatic rings. The Hall–Kier alpha value is -0.700. The Balaban J connectivity index is 2.92. The Morgan fingerprint density at radius 1 is 1.42 bits per heavy atom. The van der Waals surface area contributed by atoms with Gasteiger partial charge in [0.25, 0.3) is 0 Å². The maximum Gasteiger partial charge on any atom is 0.206 e. The van der Waals surface area contributed by atoms with E-state index in [1.165, 1.54) is 0 Å². The highest BCUT2D eigenvalue weighted by atomic mass is 31.2. The van der Waals surface area contributed by atoms with E-state index in [1.807, 2.05) is 0 Å². The van der Waals surface area contributed by atoms with Crippen molar-refractivity contribution in [2.75, 3.05) is 20.0 Å². The van der Waals surface area contributed by atoms with Crippen LogP contribution in [0.3, 0.4) is 0 Å². The SMILES string of the molecule is COP(OC)c1ccncc1N. The average Bonchev–Trinajstić information content (AvgIpc) is 2.10. The number of anilines is 1. The Kier molecular flexibility index (Phi) is 3.41. The molecule has 0 bridgehead atoms. The molecular formula is C7H11N2O2P. The van der Waals surface area contributed by atoms with Crippen LogP contribution in [0.2, 0.25) is 0 Å². The highest BCUT2D eigenvalue weighted by Crippen LogP contribution is 2.36. The summed E-state index contributed by atoms with van der Waals surface area (Å²) >= 11 is 0. The van der Waals surface area contributed by atoms with Crippen molar-refractivity contribution in [3.05, 3.63) is 18.5 Å². The topological polar surface area (TPSA) is 57.4 Å². The second kappa shape index (κ2) is 4.36. The van der Waals surface area contributed by atoms with Crippen molar-refractivity contribution in [1.29, 1.82) is 0 Å². The van der Waals surface area contributed by atoms with Gasteiger partial charge >= 0.3 is 0 Å². The van der Waals surface area contributed by atoms with Gasteiger partial charge in [0.15, 0.2) is 0 Å². The number of nitrogens with zero attached hydrogens (tertiary/aromatic N) is 1. The molecule has 5 heteroatoms. The first-order chi connectivity index (χ1) is 5.79. The number of nitrogen functional groups attached to an aromatic ring is 1. The number of nitrogens with two attached hydrogens (primary N) is 1. The largest absolute Gasteiger partial charge is 0.397 e. The molecule has 0 aliphatic heterocycles. The monoisotopic (exact) mass is 186 g/mol. The van der Waals surface area contributed by atoms with Crippen LogP contribution in [0.1, 0.15) is 0 Å². The zero-order valence-corrected chi connectivity index (χ0v) is 7.91. The van der Waals surface area contributed by atoms with Crippen LogP contribution in [0.15, 0.2) is 18.5 Å². The molecule has 0 saturated heterocycles. The van der Waals surface area contributed by atoms with Gasteiger partial charge in [-0.15, -0.1) is 0 Å². The van der Waals surface area contributed by atoms with Crippen LogP contribution in [0.4, 0.5) is 5.69 Å². The molecule has 4 nitrogen and oxygen atoms in total. The fourth-order valence-electron chi connectivity index (χ4n) is 0.837. The fraction of sp³-hybridized carbons (Fsp3) is 0.286. The lowest BCUT2D eigenvalue weighted by Crippen LogP contribution is -2.09. The summed E-state index contributed by atoms with van der Waals surface area (Å²) in [5.41, 5.74) is 6.27. The molecule has 0 saturated carbocycles. The predicted molar refractivity (Wildman–Crippen MR) is 49.2 cm³/mol. The van der Waals surface area contributed by atoms with Crippen LogP contribution in [0.25, 0.3) is 0 Å². The highest BCUT2D eigenvalue weighted by molar-refractivity contribution is 7.56. The van der Waals surface area contributed by atoms with Gasteiger partial charge < -0.3 is 14.8 Å². The molecule has 1 heterocycles. The molecule has 1 rings (SSSR count). The first kappa shape index (κ1) is 9.39. The Morgan fingerprint density at radius 2 is 2.08 bits per heavy atom. The van der Waals surface area contributed by atoms with Crippen LogP contribution in [-0.2, 0) is 9.05 Å². The maximum atomic E-state index is 5.67. The van der Waals surface area contributed by atoms with Crippen molar-refractivity contribution in [3.63, 3.8) is 0 Å². The minimum atomic E-state index is -1.04. The minimum absolute atomic E-state index is 0.604. The summed E-state index contributed by atoms with van der Waals surface area (Å²) in [6.07, 6.45) is 3.25. The van der Waals surface area contributed by atoms with Gasteiger partial charge in [0.05, 0.1) is 17.2 Å². The summed E-state index contributed by atoms with van der Waals surface area (Å²) in [6, 6.07) is 1.80. The molecule has 2 N–H and O–H groups in total. The van der Waals surface area contributed by atoms with Gasteiger partial charge in [-0.25, -0.2) is 0 Å². The van der Waals surface area contributed by atoms with Gasteiger partial charge in [-0.2, -0.15) is 0 Å². The van der Waals surface area contributed by atoms with Crippen molar-refractivity contribution >= 4 is 19.4 Å². The second-order valence-electron chi connectivity index (χ2n) is 2.06. The number of aromatic nitrogens is 1. The first-order valence-corrected chi connectivity index (χ1v) is 4.55. The molecule has 0 aliphatic rings. The van der Waals surface area contributed by atoms with E-state index in [0.29, 0.717) is 5.69 Å². The average molecular weight is 186 g/mol. The third-order valence-corrected chi connectivity index (χ3v) is 2.82. The number of pyridine rings is 1. The molecule has 0 spiro atoms. The van der Waals surface area contributed by atoms with E-state index < -0.39 is 8.38 Å². The van der Waals surface area contributed by atoms with Crippen LogP contribution in [0.5, 0.6) is 0 Å². The fourth-order valence-corrected chi connectivity index (χ4v) is 1.84. The Bertz CT molecular complexity index is 253. The molecule has 0 amide bonds. The molecular weight excluding hydrogens is 175 g/mol. The van der Waals surface area contributed by atoms with Crippen LogP contribution in [-0.4, -0.2) is 19.2 Å². The molecule has 0 radical (unpaired) electrons. The van der Waals surface area contributed by atoms with E-state index in [1.54, 1.807) is 32.7 Å². The molecule has 0 fully saturated rings. The van der Waals surface area contributed by atoms with E-state index >= 15 is 0 Å². The zero-order valence-electron chi connectivity index (χ0n) is 7.02. The van der Waals surface area contributed by atoms with Gasteiger partial charge in [0.2, 0.25) is 8.38 Å². The maximum absolute atomic E-state index is 5.67. The van der Waals surface area contributed by atoms with Crippen molar-refractivity contribution in [1.82, 2.24) is 4.98 Å². The number of hydrogen-bond donors (Lipinski definition) is 1. The molecule has 0 aliphatic carbocycles. The van der Waals surface area contributed by atoms with E-state index in [0.717, 1.165) is 5.30 Å². The van der Waals surface area contributed by atoms with Crippen LogP contribution < -0.4 is 11.0 Å². The zero-order chi connectivity index (χ0) is 8.97. The van der Waals surface area contributed by atoms with Crippen molar-refractivity contribution in [2.24, 2.45) is 0 Å². The Labute approximate surface area is 72.6 Å². The van der Waals surface area contributed by atoms with Gasteiger partial charge in [-0.3, -0.25) is 4.98 Å². The lowest BCUT2D eigenvalue weighted by Gasteiger charge is -2.13. The van der Waals surface area contributed by atoms with Gasteiger partial charge in [0.1, 0.15) is 0 Å².